The van der Waals surface area contributed by atoms with E-state index in [2.05, 4.69) is 14.9 Å². The predicted octanol–water partition coefficient (Wildman–Crippen LogP) is 2.80. The van der Waals surface area contributed by atoms with Gasteiger partial charge in [0.05, 0.1) is 0 Å². The molecule has 104 valence electrons. The Kier molecular flexibility index (Phi) is 3.82. The molecule has 2 unspecified atom stereocenters. The Hall–Kier alpha value is -0.970. The van der Waals surface area contributed by atoms with Crippen molar-refractivity contribution in [3.8, 4) is 0 Å². The van der Waals surface area contributed by atoms with Crippen molar-refractivity contribution in [2.45, 2.75) is 37.3 Å². The molecule has 3 rings (SSSR count). The van der Waals surface area contributed by atoms with E-state index in [-0.39, 0.29) is 0 Å². The maximum absolute atomic E-state index is 5.88. The number of nitrogens with zero attached hydrogens (tertiary/aromatic N) is 3. The lowest BCUT2D eigenvalue weighted by Gasteiger charge is -2.41. The SMILES string of the molecule is CSc1nc(N)cc(N2CCC3CCCCC3C2)n1. The summed E-state index contributed by atoms with van der Waals surface area (Å²) in [4.78, 5) is 11.2. The van der Waals surface area contributed by atoms with Crippen molar-refractivity contribution in [3.63, 3.8) is 0 Å². The molecule has 2 atom stereocenters. The Bertz CT molecular complexity index is 451. The first-order valence-electron chi connectivity index (χ1n) is 7.20. The Morgan fingerprint density at radius 1 is 1.21 bits per heavy atom. The molecule has 1 aromatic heterocycles. The number of fused-ring (bicyclic) bond motifs is 1. The second kappa shape index (κ2) is 5.57. The molecule has 1 saturated heterocycles. The Morgan fingerprint density at radius 3 is 2.79 bits per heavy atom. The molecular formula is C14H22N4S. The standard InChI is InChI=1S/C14H22N4S/c1-19-14-16-12(15)8-13(17-14)18-7-6-10-4-2-3-5-11(10)9-18/h8,10-11H,2-7,9H2,1H3,(H2,15,16,17). The molecule has 2 fully saturated rings. The molecule has 0 bridgehead atoms. The molecule has 0 radical (unpaired) electrons. The number of nitrogens with two attached hydrogens (primary N) is 1. The van der Waals surface area contributed by atoms with Crippen molar-refractivity contribution in [2.24, 2.45) is 11.8 Å². The van der Waals surface area contributed by atoms with Gasteiger partial charge in [0.2, 0.25) is 0 Å². The molecular weight excluding hydrogens is 256 g/mol. The van der Waals surface area contributed by atoms with Crippen molar-refractivity contribution in [2.75, 3.05) is 30.0 Å². The Labute approximate surface area is 119 Å². The third-order valence-electron chi connectivity index (χ3n) is 4.51. The van der Waals surface area contributed by atoms with E-state index in [1.165, 1.54) is 32.1 Å². The average Bonchev–Trinajstić information content (AvgIpc) is 2.46. The normalized spacial score (nSPS) is 27.1. The fraction of sp³-hybridized carbons (Fsp3) is 0.714. The van der Waals surface area contributed by atoms with Crippen LogP contribution in [0.5, 0.6) is 0 Å². The van der Waals surface area contributed by atoms with Crippen LogP contribution >= 0.6 is 11.8 Å². The lowest BCUT2D eigenvalue weighted by atomic mass is 9.75. The van der Waals surface area contributed by atoms with Gasteiger partial charge in [-0.3, -0.25) is 0 Å². The first-order chi connectivity index (χ1) is 9.26. The maximum Gasteiger partial charge on any atom is 0.191 e. The van der Waals surface area contributed by atoms with Gasteiger partial charge in [-0.25, -0.2) is 9.97 Å². The van der Waals surface area contributed by atoms with Crippen LogP contribution in [0.25, 0.3) is 0 Å². The minimum atomic E-state index is 0.583. The molecule has 1 aliphatic carbocycles. The molecule has 2 heterocycles. The van der Waals surface area contributed by atoms with Crippen LogP contribution in [0.4, 0.5) is 11.6 Å². The number of nitrogen functional groups attached to an aromatic ring is 1. The highest BCUT2D eigenvalue weighted by molar-refractivity contribution is 7.98. The minimum absolute atomic E-state index is 0.583. The summed E-state index contributed by atoms with van der Waals surface area (Å²) in [5.41, 5.74) is 5.88. The zero-order valence-corrected chi connectivity index (χ0v) is 12.3. The molecule has 0 aromatic carbocycles. The van der Waals surface area contributed by atoms with E-state index in [0.29, 0.717) is 5.82 Å². The second-order valence-corrected chi connectivity index (χ2v) is 6.45. The molecule has 0 amide bonds. The Morgan fingerprint density at radius 2 is 2.00 bits per heavy atom. The van der Waals surface area contributed by atoms with Crippen LogP contribution in [0, 0.1) is 11.8 Å². The minimum Gasteiger partial charge on any atom is -0.383 e. The number of piperidine rings is 1. The smallest absolute Gasteiger partial charge is 0.191 e. The van der Waals surface area contributed by atoms with E-state index in [1.54, 1.807) is 11.8 Å². The fourth-order valence-electron chi connectivity index (χ4n) is 3.49. The number of anilines is 2. The zero-order chi connectivity index (χ0) is 13.2. The molecule has 1 saturated carbocycles. The molecule has 2 aliphatic rings. The summed E-state index contributed by atoms with van der Waals surface area (Å²) in [7, 11) is 0. The van der Waals surface area contributed by atoms with Crippen LogP contribution in [0.2, 0.25) is 0 Å². The van der Waals surface area contributed by atoms with Gasteiger partial charge < -0.3 is 10.6 Å². The summed E-state index contributed by atoms with van der Waals surface area (Å²) in [5, 5.41) is 0.778. The van der Waals surface area contributed by atoms with Gasteiger partial charge in [0.15, 0.2) is 5.16 Å². The van der Waals surface area contributed by atoms with Gasteiger partial charge in [-0.1, -0.05) is 31.0 Å². The number of hydrogen-bond acceptors (Lipinski definition) is 5. The van der Waals surface area contributed by atoms with Crippen molar-refractivity contribution in [1.29, 1.82) is 0 Å². The Balaban J connectivity index is 1.77. The van der Waals surface area contributed by atoms with Crippen molar-refractivity contribution >= 4 is 23.4 Å². The lowest BCUT2D eigenvalue weighted by molar-refractivity contribution is 0.202. The highest BCUT2D eigenvalue weighted by Crippen LogP contribution is 2.37. The van der Waals surface area contributed by atoms with Crippen molar-refractivity contribution in [1.82, 2.24) is 9.97 Å². The summed E-state index contributed by atoms with van der Waals surface area (Å²) in [6, 6.07) is 1.92. The van der Waals surface area contributed by atoms with Gasteiger partial charge in [-0.05, 0) is 30.9 Å². The average molecular weight is 278 g/mol. The van der Waals surface area contributed by atoms with Gasteiger partial charge >= 0.3 is 0 Å². The van der Waals surface area contributed by atoms with Crippen molar-refractivity contribution in [3.05, 3.63) is 6.07 Å². The van der Waals surface area contributed by atoms with E-state index in [4.69, 9.17) is 5.73 Å². The topological polar surface area (TPSA) is 55.0 Å². The van der Waals surface area contributed by atoms with Crippen LogP contribution in [-0.2, 0) is 0 Å². The van der Waals surface area contributed by atoms with Crippen LogP contribution in [0.15, 0.2) is 11.2 Å². The number of aromatic nitrogens is 2. The monoisotopic (exact) mass is 278 g/mol. The van der Waals surface area contributed by atoms with E-state index < -0.39 is 0 Å². The van der Waals surface area contributed by atoms with Crippen LogP contribution in [-0.4, -0.2) is 29.3 Å². The summed E-state index contributed by atoms with van der Waals surface area (Å²) >= 11 is 1.56. The van der Waals surface area contributed by atoms with Gasteiger partial charge in [-0.15, -0.1) is 0 Å². The third-order valence-corrected chi connectivity index (χ3v) is 5.06. The molecule has 0 spiro atoms. The van der Waals surface area contributed by atoms with Gasteiger partial charge in [0, 0.05) is 19.2 Å². The van der Waals surface area contributed by atoms with Crippen molar-refractivity contribution < 1.29 is 0 Å². The second-order valence-electron chi connectivity index (χ2n) is 5.68. The number of hydrogen-bond donors (Lipinski definition) is 1. The van der Waals surface area contributed by atoms with E-state index in [1.807, 2.05) is 12.3 Å². The van der Waals surface area contributed by atoms with E-state index in [9.17, 15) is 0 Å². The quantitative estimate of drug-likeness (QED) is 0.666. The first-order valence-corrected chi connectivity index (χ1v) is 8.42. The summed E-state index contributed by atoms with van der Waals surface area (Å²) < 4.78 is 0. The van der Waals surface area contributed by atoms with E-state index in [0.717, 1.165) is 35.9 Å². The van der Waals surface area contributed by atoms with Crippen LogP contribution in [0.1, 0.15) is 32.1 Å². The number of rotatable bonds is 2. The summed E-state index contributed by atoms with van der Waals surface area (Å²) in [5.74, 6) is 3.40. The first kappa shape index (κ1) is 13.0. The molecule has 5 heteroatoms. The highest BCUT2D eigenvalue weighted by atomic mass is 32.2. The highest BCUT2D eigenvalue weighted by Gasteiger charge is 2.31. The predicted molar refractivity (Wildman–Crippen MR) is 80.5 cm³/mol. The molecule has 1 aliphatic heterocycles. The van der Waals surface area contributed by atoms with E-state index >= 15 is 0 Å². The van der Waals surface area contributed by atoms with Gasteiger partial charge in [0.25, 0.3) is 0 Å². The fourth-order valence-corrected chi connectivity index (χ4v) is 3.87. The zero-order valence-electron chi connectivity index (χ0n) is 11.5. The molecule has 1 aromatic rings. The summed E-state index contributed by atoms with van der Waals surface area (Å²) in [6.45, 7) is 2.26. The van der Waals surface area contributed by atoms with Crippen LogP contribution < -0.4 is 10.6 Å². The summed E-state index contributed by atoms with van der Waals surface area (Å²) in [6.07, 6.45) is 8.95. The van der Waals surface area contributed by atoms with Crippen LogP contribution in [0.3, 0.4) is 0 Å². The largest absolute Gasteiger partial charge is 0.383 e. The molecule has 2 N–H and O–H groups in total. The molecule has 19 heavy (non-hydrogen) atoms. The number of thioether (sulfide) groups is 1. The van der Waals surface area contributed by atoms with Gasteiger partial charge in [-0.2, -0.15) is 0 Å². The maximum atomic E-state index is 5.88. The molecule has 4 nitrogen and oxygen atoms in total. The lowest BCUT2D eigenvalue weighted by Crippen LogP contribution is -2.42. The van der Waals surface area contributed by atoms with Gasteiger partial charge in [0.1, 0.15) is 11.6 Å². The third kappa shape index (κ3) is 2.81.